The highest BCUT2D eigenvalue weighted by Crippen LogP contribution is 2.25. The summed E-state index contributed by atoms with van der Waals surface area (Å²) in [5.74, 6) is 0.448. The van der Waals surface area contributed by atoms with E-state index in [4.69, 9.17) is 0 Å². The molecule has 2 rings (SSSR count). The predicted octanol–water partition coefficient (Wildman–Crippen LogP) is 5.05. The molecule has 0 aromatic heterocycles. The van der Waals surface area contributed by atoms with E-state index >= 15 is 0 Å². The Balaban J connectivity index is 1.96. The van der Waals surface area contributed by atoms with Crippen LogP contribution in [0.5, 0.6) is 0 Å². The normalized spacial score (nSPS) is 10.4. The molecule has 0 aliphatic heterocycles. The van der Waals surface area contributed by atoms with Gasteiger partial charge in [-0.05, 0) is 48.7 Å². The number of carbonyl (C=O) groups is 1. The fraction of sp³-hybridized carbons (Fsp3) is 0.235. The molecule has 0 spiro atoms. The Labute approximate surface area is 138 Å². The van der Waals surface area contributed by atoms with Crippen LogP contribution in [0.3, 0.4) is 0 Å². The van der Waals surface area contributed by atoms with E-state index in [0.717, 1.165) is 27.0 Å². The number of halogens is 1. The Kier molecular flexibility index (Phi) is 5.88. The number of hydrogen-bond donors (Lipinski definition) is 1. The molecule has 0 fully saturated rings. The number of carbonyl (C=O) groups excluding carboxylic acids is 1. The lowest BCUT2D eigenvalue weighted by atomic mass is 10.1. The minimum atomic E-state index is 0.0308. The predicted molar refractivity (Wildman–Crippen MR) is 94.1 cm³/mol. The zero-order chi connectivity index (χ0) is 15.2. The number of nitrogens with one attached hydrogen (secondary N) is 1. The zero-order valence-corrected chi connectivity index (χ0v) is 14.6. The van der Waals surface area contributed by atoms with Gasteiger partial charge in [0.15, 0.2) is 0 Å². The van der Waals surface area contributed by atoms with Crippen LogP contribution in [0, 0.1) is 6.92 Å². The molecule has 0 saturated carbocycles. The van der Waals surface area contributed by atoms with Crippen molar-refractivity contribution in [1.82, 2.24) is 0 Å². The Morgan fingerprint density at radius 2 is 2.00 bits per heavy atom. The van der Waals surface area contributed by atoms with Gasteiger partial charge in [-0.1, -0.05) is 41.1 Å². The SMILES string of the molecule is CCc1ccccc1NC(=O)CSc1ccc(Br)cc1C. The number of thioether (sulfide) groups is 1. The first-order valence-electron chi connectivity index (χ1n) is 6.87. The highest BCUT2D eigenvalue weighted by atomic mass is 79.9. The van der Waals surface area contributed by atoms with Crippen LogP contribution in [-0.4, -0.2) is 11.7 Å². The Morgan fingerprint density at radius 3 is 2.71 bits per heavy atom. The van der Waals surface area contributed by atoms with Gasteiger partial charge in [0.05, 0.1) is 5.75 Å². The standard InChI is InChI=1S/C17H18BrNOS/c1-3-13-6-4-5-7-15(13)19-17(20)11-21-16-9-8-14(18)10-12(16)2/h4-10H,3,11H2,1-2H3,(H,19,20). The van der Waals surface area contributed by atoms with Gasteiger partial charge >= 0.3 is 0 Å². The molecule has 2 aromatic rings. The molecule has 0 radical (unpaired) electrons. The van der Waals surface area contributed by atoms with E-state index in [0.29, 0.717) is 5.75 Å². The third kappa shape index (κ3) is 4.61. The maximum absolute atomic E-state index is 12.1. The molecule has 2 nitrogen and oxygen atoms in total. The molecule has 0 aliphatic carbocycles. The maximum Gasteiger partial charge on any atom is 0.234 e. The zero-order valence-electron chi connectivity index (χ0n) is 12.2. The molecule has 0 unspecified atom stereocenters. The van der Waals surface area contributed by atoms with Gasteiger partial charge in [0.1, 0.15) is 0 Å². The van der Waals surface area contributed by atoms with Crippen molar-refractivity contribution >= 4 is 39.3 Å². The monoisotopic (exact) mass is 363 g/mol. The van der Waals surface area contributed by atoms with Gasteiger partial charge in [-0.2, -0.15) is 0 Å². The molecule has 1 amide bonds. The van der Waals surface area contributed by atoms with Gasteiger partial charge in [0.2, 0.25) is 5.91 Å². The van der Waals surface area contributed by atoms with Crippen molar-refractivity contribution in [3.63, 3.8) is 0 Å². The topological polar surface area (TPSA) is 29.1 Å². The first kappa shape index (κ1) is 16.1. The van der Waals surface area contributed by atoms with E-state index in [1.54, 1.807) is 11.8 Å². The highest BCUT2D eigenvalue weighted by Gasteiger charge is 2.07. The summed E-state index contributed by atoms with van der Waals surface area (Å²) in [6, 6.07) is 14.0. The summed E-state index contributed by atoms with van der Waals surface area (Å²) in [6.45, 7) is 4.14. The van der Waals surface area contributed by atoms with Gasteiger partial charge in [0, 0.05) is 15.1 Å². The molecule has 0 saturated heterocycles. The highest BCUT2D eigenvalue weighted by molar-refractivity contribution is 9.10. The van der Waals surface area contributed by atoms with Gasteiger partial charge in [-0.15, -0.1) is 11.8 Å². The first-order valence-corrected chi connectivity index (χ1v) is 8.64. The molecule has 21 heavy (non-hydrogen) atoms. The number of anilines is 1. The van der Waals surface area contributed by atoms with Crippen LogP contribution in [-0.2, 0) is 11.2 Å². The van der Waals surface area contributed by atoms with Crippen molar-refractivity contribution in [2.24, 2.45) is 0 Å². The summed E-state index contributed by atoms with van der Waals surface area (Å²) in [7, 11) is 0. The van der Waals surface area contributed by atoms with Crippen LogP contribution < -0.4 is 5.32 Å². The van der Waals surface area contributed by atoms with Crippen molar-refractivity contribution in [2.75, 3.05) is 11.1 Å². The summed E-state index contributed by atoms with van der Waals surface area (Å²) < 4.78 is 1.06. The molecule has 0 atom stereocenters. The summed E-state index contributed by atoms with van der Waals surface area (Å²) in [6.07, 6.45) is 0.912. The second-order valence-corrected chi connectivity index (χ2v) is 6.69. The minimum Gasteiger partial charge on any atom is -0.325 e. The average Bonchev–Trinajstić information content (AvgIpc) is 2.47. The summed E-state index contributed by atoms with van der Waals surface area (Å²) in [5.41, 5.74) is 3.25. The summed E-state index contributed by atoms with van der Waals surface area (Å²) in [4.78, 5) is 13.2. The van der Waals surface area contributed by atoms with Gasteiger partial charge < -0.3 is 5.32 Å². The average molecular weight is 364 g/mol. The molecule has 0 heterocycles. The second kappa shape index (κ2) is 7.66. The lowest BCUT2D eigenvalue weighted by molar-refractivity contribution is -0.113. The minimum absolute atomic E-state index is 0.0308. The summed E-state index contributed by atoms with van der Waals surface area (Å²) in [5, 5.41) is 2.99. The van der Waals surface area contributed by atoms with Crippen LogP contribution in [0.15, 0.2) is 51.8 Å². The van der Waals surface area contributed by atoms with Crippen molar-refractivity contribution in [2.45, 2.75) is 25.2 Å². The van der Waals surface area contributed by atoms with Gasteiger partial charge in [-0.3, -0.25) is 4.79 Å². The molecule has 1 N–H and O–H groups in total. The molecule has 2 aromatic carbocycles. The number of para-hydroxylation sites is 1. The van der Waals surface area contributed by atoms with E-state index in [9.17, 15) is 4.79 Å². The second-order valence-electron chi connectivity index (χ2n) is 4.76. The lowest BCUT2D eigenvalue weighted by Crippen LogP contribution is -2.15. The lowest BCUT2D eigenvalue weighted by Gasteiger charge is -2.10. The van der Waals surface area contributed by atoms with Crippen LogP contribution in [0.1, 0.15) is 18.1 Å². The molecule has 110 valence electrons. The van der Waals surface area contributed by atoms with Crippen LogP contribution >= 0.6 is 27.7 Å². The van der Waals surface area contributed by atoms with Gasteiger partial charge in [-0.25, -0.2) is 0 Å². The fourth-order valence-electron chi connectivity index (χ4n) is 2.05. The smallest absolute Gasteiger partial charge is 0.234 e. The number of benzene rings is 2. The van der Waals surface area contributed by atoms with E-state index in [1.807, 2.05) is 36.4 Å². The quantitative estimate of drug-likeness (QED) is 0.752. The maximum atomic E-state index is 12.1. The van der Waals surface area contributed by atoms with Crippen LogP contribution in [0.2, 0.25) is 0 Å². The largest absolute Gasteiger partial charge is 0.325 e. The van der Waals surface area contributed by atoms with Crippen LogP contribution in [0.25, 0.3) is 0 Å². The molecule has 0 bridgehead atoms. The third-order valence-electron chi connectivity index (χ3n) is 3.17. The van der Waals surface area contributed by atoms with E-state index in [-0.39, 0.29) is 5.91 Å². The van der Waals surface area contributed by atoms with Crippen molar-refractivity contribution in [3.05, 3.63) is 58.1 Å². The van der Waals surface area contributed by atoms with E-state index in [1.165, 1.54) is 5.56 Å². The molecular weight excluding hydrogens is 346 g/mol. The number of amides is 1. The van der Waals surface area contributed by atoms with E-state index < -0.39 is 0 Å². The summed E-state index contributed by atoms with van der Waals surface area (Å²) >= 11 is 5.01. The molecule has 0 aliphatic rings. The molecule has 4 heteroatoms. The van der Waals surface area contributed by atoms with Crippen molar-refractivity contribution < 1.29 is 4.79 Å². The van der Waals surface area contributed by atoms with Crippen molar-refractivity contribution in [1.29, 1.82) is 0 Å². The number of rotatable bonds is 5. The van der Waals surface area contributed by atoms with Gasteiger partial charge in [0.25, 0.3) is 0 Å². The first-order chi connectivity index (χ1) is 10.1. The Morgan fingerprint density at radius 1 is 1.24 bits per heavy atom. The third-order valence-corrected chi connectivity index (χ3v) is 4.84. The Bertz CT molecular complexity index is 642. The van der Waals surface area contributed by atoms with Crippen LogP contribution in [0.4, 0.5) is 5.69 Å². The van der Waals surface area contributed by atoms with Crippen molar-refractivity contribution in [3.8, 4) is 0 Å². The fourth-order valence-corrected chi connectivity index (χ4v) is 3.34. The Hall–Kier alpha value is -1.26. The van der Waals surface area contributed by atoms with E-state index in [2.05, 4.69) is 41.2 Å². The molecular formula is C17H18BrNOS. The number of aryl methyl sites for hydroxylation is 2. The number of hydrogen-bond acceptors (Lipinski definition) is 2.